The molecule has 1 aromatic carbocycles. The molecule has 0 aliphatic heterocycles. The van der Waals surface area contributed by atoms with E-state index in [1.165, 1.54) is 0 Å². The van der Waals surface area contributed by atoms with E-state index in [0.29, 0.717) is 11.6 Å². The van der Waals surface area contributed by atoms with Gasteiger partial charge >= 0.3 is 0 Å². The van der Waals surface area contributed by atoms with E-state index >= 15 is 0 Å². The van der Waals surface area contributed by atoms with E-state index in [0.717, 1.165) is 42.3 Å². The van der Waals surface area contributed by atoms with Gasteiger partial charge in [-0.05, 0) is 25.0 Å². The number of amides is 1. The minimum Gasteiger partial charge on any atom is -0.364 e. The Morgan fingerprint density at radius 2 is 2.00 bits per heavy atom. The Balaban J connectivity index is 1.49. The van der Waals surface area contributed by atoms with Gasteiger partial charge in [0.05, 0.1) is 29.8 Å². The Labute approximate surface area is 189 Å². The van der Waals surface area contributed by atoms with Crippen LogP contribution in [0.25, 0.3) is 16.6 Å². The van der Waals surface area contributed by atoms with Gasteiger partial charge in [0.15, 0.2) is 11.5 Å². The number of aromatic nitrogens is 7. The van der Waals surface area contributed by atoms with Crippen LogP contribution < -0.4 is 22.1 Å². The van der Waals surface area contributed by atoms with Crippen LogP contribution >= 0.6 is 0 Å². The molecule has 12 heteroatoms. The fourth-order valence-corrected chi connectivity index (χ4v) is 4.16. The molecule has 3 aromatic heterocycles. The molecule has 170 valence electrons. The molecule has 1 amide bonds. The van der Waals surface area contributed by atoms with Crippen molar-refractivity contribution in [2.75, 3.05) is 10.6 Å². The predicted octanol–water partition coefficient (Wildman–Crippen LogP) is 1.47. The SMILES string of the molecule is Cn1cc(-n2ncc3c(Nc4nc(N[C@@H]5CCCC[C@@H]5N)nnc4C(N)=O)cccc32)cn1. The summed E-state index contributed by atoms with van der Waals surface area (Å²) in [6, 6.07) is 5.77. The van der Waals surface area contributed by atoms with E-state index < -0.39 is 5.91 Å². The van der Waals surface area contributed by atoms with Crippen LogP contribution in [-0.4, -0.2) is 52.7 Å². The Morgan fingerprint density at radius 3 is 2.76 bits per heavy atom. The molecular formula is C21H25N11O. The van der Waals surface area contributed by atoms with Crippen LogP contribution in [0.2, 0.25) is 0 Å². The number of hydrogen-bond acceptors (Lipinski definition) is 9. The van der Waals surface area contributed by atoms with Crippen LogP contribution in [0.3, 0.4) is 0 Å². The number of nitrogens with one attached hydrogen (secondary N) is 2. The number of rotatable bonds is 6. The smallest absolute Gasteiger partial charge is 0.273 e. The van der Waals surface area contributed by atoms with Gasteiger partial charge < -0.3 is 22.1 Å². The summed E-state index contributed by atoms with van der Waals surface area (Å²) in [4.78, 5) is 16.5. The van der Waals surface area contributed by atoms with E-state index in [9.17, 15) is 4.79 Å². The summed E-state index contributed by atoms with van der Waals surface area (Å²) in [6.45, 7) is 0. The number of carbonyl (C=O) groups is 1. The van der Waals surface area contributed by atoms with Crippen molar-refractivity contribution in [3.63, 3.8) is 0 Å². The highest BCUT2D eigenvalue weighted by Gasteiger charge is 2.24. The molecule has 0 radical (unpaired) electrons. The third kappa shape index (κ3) is 4.07. The highest BCUT2D eigenvalue weighted by atomic mass is 16.1. The molecule has 5 rings (SSSR count). The Bertz CT molecular complexity index is 1310. The highest BCUT2D eigenvalue weighted by Crippen LogP contribution is 2.28. The van der Waals surface area contributed by atoms with Gasteiger partial charge in [-0.15, -0.1) is 10.2 Å². The number of fused-ring (bicyclic) bond motifs is 1. The first-order valence-corrected chi connectivity index (χ1v) is 10.8. The van der Waals surface area contributed by atoms with Gasteiger partial charge in [0.2, 0.25) is 5.95 Å². The topological polar surface area (TPSA) is 167 Å². The molecule has 0 saturated heterocycles. The monoisotopic (exact) mass is 447 g/mol. The first-order chi connectivity index (χ1) is 16.0. The standard InChI is InChI=1S/C21H25N11O/c1-31-11-12(9-24-31)32-17-8-4-7-15(13(17)10-25-32)26-20-18(19(23)33)29-30-21(28-20)27-16-6-3-2-5-14(16)22/h4,7-11,14,16H,2-3,5-6,22H2,1H3,(H2,23,33)(H2,26,27,28,30)/t14-,16+/m0/s1. The average Bonchev–Trinajstić information content (AvgIpc) is 3.42. The van der Waals surface area contributed by atoms with Crippen molar-refractivity contribution in [2.24, 2.45) is 18.5 Å². The number of aryl methyl sites for hydroxylation is 1. The predicted molar refractivity (Wildman–Crippen MR) is 123 cm³/mol. The minimum absolute atomic E-state index is 0.0154. The molecule has 0 bridgehead atoms. The molecule has 0 unspecified atom stereocenters. The molecule has 1 aliphatic rings. The van der Waals surface area contributed by atoms with Crippen molar-refractivity contribution < 1.29 is 4.79 Å². The summed E-state index contributed by atoms with van der Waals surface area (Å²) in [5.74, 6) is -0.217. The lowest BCUT2D eigenvalue weighted by molar-refractivity contribution is 0.0995. The summed E-state index contributed by atoms with van der Waals surface area (Å²) >= 11 is 0. The lowest BCUT2D eigenvalue weighted by Gasteiger charge is -2.29. The molecule has 1 saturated carbocycles. The second kappa shape index (κ2) is 8.47. The molecule has 4 aromatic rings. The molecule has 33 heavy (non-hydrogen) atoms. The summed E-state index contributed by atoms with van der Waals surface area (Å²) in [5, 5.41) is 24.1. The molecule has 0 spiro atoms. The van der Waals surface area contributed by atoms with E-state index in [1.54, 1.807) is 21.8 Å². The lowest BCUT2D eigenvalue weighted by Crippen LogP contribution is -2.43. The van der Waals surface area contributed by atoms with Crippen molar-refractivity contribution in [1.82, 2.24) is 34.7 Å². The van der Waals surface area contributed by atoms with Crippen LogP contribution in [0.4, 0.5) is 17.5 Å². The van der Waals surface area contributed by atoms with Gasteiger partial charge in [-0.2, -0.15) is 15.2 Å². The number of anilines is 3. The second-order valence-corrected chi connectivity index (χ2v) is 8.19. The Hall–Kier alpha value is -4.06. The van der Waals surface area contributed by atoms with Crippen LogP contribution in [-0.2, 0) is 7.05 Å². The Kier molecular flexibility index (Phi) is 5.34. The fraction of sp³-hybridized carbons (Fsp3) is 0.333. The van der Waals surface area contributed by atoms with Gasteiger partial charge in [0, 0.05) is 24.5 Å². The molecule has 1 fully saturated rings. The molecule has 6 N–H and O–H groups in total. The van der Waals surface area contributed by atoms with Crippen molar-refractivity contribution in [3.8, 4) is 5.69 Å². The van der Waals surface area contributed by atoms with Gasteiger partial charge in [0.1, 0.15) is 5.69 Å². The quantitative estimate of drug-likeness (QED) is 0.342. The average molecular weight is 448 g/mol. The van der Waals surface area contributed by atoms with E-state index in [4.69, 9.17) is 11.5 Å². The summed E-state index contributed by atoms with van der Waals surface area (Å²) in [6.07, 6.45) is 9.43. The summed E-state index contributed by atoms with van der Waals surface area (Å²) in [5.41, 5.74) is 14.1. The zero-order valence-corrected chi connectivity index (χ0v) is 18.1. The number of carbonyl (C=O) groups excluding carboxylic acids is 1. The minimum atomic E-state index is -0.725. The number of hydrogen-bond donors (Lipinski definition) is 4. The molecule has 2 atom stereocenters. The van der Waals surface area contributed by atoms with Gasteiger partial charge in [-0.1, -0.05) is 18.9 Å². The van der Waals surface area contributed by atoms with E-state index in [2.05, 4.69) is 36.0 Å². The fourth-order valence-electron chi connectivity index (χ4n) is 4.16. The van der Waals surface area contributed by atoms with Gasteiger partial charge in [0.25, 0.3) is 5.91 Å². The van der Waals surface area contributed by atoms with Crippen molar-refractivity contribution in [2.45, 2.75) is 37.8 Å². The summed E-state index contributed by atoms with van der Waals surface area (Å²) < 4.78 is 3.50. The van der Waals surface area contributed by atoms with Crippen molar-refractivity contribution in [1.29, 1.82) is 0 Å². The Morgan fingerprint density at radius 1 is 1.15 bits per heavy atom. The highest BCUT2D eigenvalue weighted by molar-refractivity contribution is 5.99. The molecule has 1 aliphatic carbocycles. The lowest BCUT2D eigenvalue weighted by atomic mass is 9.91. The molecule has 3 heterocycles. The van der Waals surface area contributed by atoms with Gasteiger partial charge in [-0.3, -0.25) is 9.48 Å². The van der Waals surface area contributed by atoms with Crippen molar-refractivity contribution in [3.05, 3.63) is 42.5 Å². The third-order valence-corrected chi connectivity index (χ3v) is 5.86. The van der Waals surface area contributed by atoms with E-state index in [-0.39, 0.29) is 23.6 Å². The number of benzene rings is 1. The number of nitrogens with two attached hydrogens (primary N) is 2. The van der Waals surface area contributed by atoms with Crippen LogP contribution in [0.15, 0.2) is 36.8 Å². The first-order valence-electron chi connectivity index (χ1n) is 10.8. The van der Waals surface area contributed by atoms with E-state index in [1.807, 2.05) is 31.4 Å². The normalized spacial score (nSPS) is 18.4. The molecule has 12 nitrogen and oxygen atoms in total. The van der Waals surface area contributed by atoms with Crippen LogP contribution in [0, 0.1) is 0 Å². The van der Waals surface area contributed by atoms with Crippen LogP contribution in [0.5, 0.6) is 0 Å². The largest absolute Gasteiger partial charge is 0.364 e. The van der Waals surface area contributed by atoms with Crippen LogP contribution in [0.1, 0.15) is 36.2 Å². The second-order valence-electron chi connectivity index (χ2n) is 8.19. The zero-order chi connectivity index (χ0) is 22.9. The summed E-state index contributed by atoms with van der Waals surface area (Å²) in [7, 11) is 1.85. The third-order valence-electron chi connectivity index (χ3n) is 5.86. The van der Waals surface area contributed by atoms with Gasteiger partial charge in [-0.25, -0.2) is 4.68 Å². The molecular weight excluding hydrogens is 422 g/mol. The number of primary amides is 1. The maximum atomic E-state index is 12.0. The number of nitrogens with zero attached hydrogens (tertiary/aromatic N) is 7. The maximum Gasteiger partial charge on any atom is 0.273 e. The maximum absolute atomic E-state index is 12.0. The zero-order valence-electron chi connectivity index (χ0n) is 18.1. The first kappa shape index (κ1) is 20.8. The van der Waals surface area contributed by atoms with Crippen molar-refractivity contribution >= 4 is 34.3 Å².